The first kappa shape index (κ1) is 89.0. The summed E-state index contributed by atoms with van der Waals surface area (Å²) in [7, 11) is 0. The predicted molar refractivity (Wildman–Crippen MR) is 466 cm³/mol. The van der Waals surface area contributed by atoms with Gasteiger partial charge < -0.3 is 38.4 Å². The molecule has 10 nitrogen and oxygen atoms in total. The van der Waals surface area contributed by atoms with Gasteiger partial charge in [-0.3, -0.25) is 0 Å². The van der Waals surface area contributed by atoms with E-state index in [1.807, 2.05) is 0 Å². The summed E-state index contributed by atoms with van der Waals surface area (Å²) in [6.07, 6.45) is 76.4. The molecule has 0 spiro atoms. The number of hydrogen-bond donors (Lipinski definition) is 2. The maximum atomic E-state index is 7.00. The number of fused-ring (bicyclic) bond motifs is 8. The monoisotopic (exact) mass is 1480 g/mol. The third-order valence-electron chi connectivity index (χ3n) is 22.0. The first-order valence-corrected chi connectivity index (χ1v) is 45.7. The zero-order valence-corrected chi connectivity index (χ0v) is 69.9. The number of H-pyrrole nitrogens is 2. The van der Waals surface area contributed by atoms with Crippen LogP contribution in [-0.2, 0) is 0 Å². The van der Waals surface area contributed by atoms with Crippen molar-refractivity contribution in [3.63, 3.8) is 0 Å². The number of benzene rings is 2. The average Bonchev–Trinajstić information content (AvgIpc) is 1.64. The van der Waals surface area contributed by atoms with Gasteiger partial charge in [0.1, 0.15) is 0 Å². The molecule has 0 saturated carbocycles. The van der Waals surface area contributed by atoms with Gasteiger partial charge in [0.15, 0.2) is 23.0 Å². The van der Waals surface area contributed by atoms with Crippen molar-refractivity contribution in [1.82, 2.24) is 19.9 Å². The number of aromatic amines is 2. The van der Waals surface area contributed by atoms with E-state index in [4.69, 9.17) is 38.4 Å². The van der Waals surface area contributed by atoms with Crippen molar-refractivity contribution in [2.75, 3.05) is 39.6 Å². The van der Waals surface area contributed by atoms with Crippen molar-refractivity contribution in [3.8, 4) is 56.8 Å². The summed E-state index contributed by atoms with van der Waals surface area (Å²) in [5.74, 6) is 4.42. The van der Waals surface area contributed by atoms with Crippen LogP contribution >= 0.6 is 0 Å². The van der Waals surface area contributed by atoms with Crippen molar-refractivity contribution < 1.29 is 28.4 Å². The Kier molecular flexibility index (Phi) is 47.7. The number of unbranched alkanes of at least 4 members (excludes halogenated alkanes) is 48. The summed E-state index contributed by atoms with van der Waals surface area (Å²) in [4.78, 5) is 18.8. The Morgan fingerprint density at radius 1 is 0.231 bits per heavy atom. The van der Waals surface area contributed by atoms with E-state index < -0.39 is 0 Å². The number of nitrogens with one attached hydrogen (secondary N) is 2. The predicted octanol–water partition coefficient (Wildman–Crippen LogP) is 31.4. The van der Waals surface area contributed by atoms with E-state index in [1.165, 1.54) is 270 Å². The molecule has 0 fully saturated rings. The Labute approximate surface area is 659 Å². The normalized spacial score (nSPS) is 11.9. The Morgan fingerprint density at radius 2 is 0.444 bits per heavy atom. The highest BCUT2D eigenvalue weighted by Crippen LogP contribution is 2.46. The van der Waals surface area contributed by atoms with Crippen LogP contribution < -0.4 is 28.4 Å². The van der Waals surface area contributed by atoms with Crippen LogP contribution in [0.5, 0.6) is 34.5 Å². The van der Waals surface area contributed by atoms with Gasteiger partial charge >= 0.3 is 0 Å². The van der Waals surface area contributed by atoms with E-state index in [0.29, 0.717) is 39.6 Å². The number of hydrogen-bond acceptors (Lipinski definition) is 8. The molecular weight excluding hydrogens is 1330 g/mol. The molecule has 0 atom stereocenters. The van der Waals surface area contributed by atoms with E-state index in [9.17, 15) is 0 Å². The molecule has 2 aliphatic heterocycles. The minimum Gasteiger partial charge on any atom is -0.490 e. The highest BCUT2D eigenvalue weighted by molar-refractivity contribution is 5.94. The molecule has 2 aromatic carbocycles. The largest absolute Gasteiger partial charge is 0.490 e. The van der Waals surface area contributed by atoms with Gasteiger partial charge in [0.2, 0.25) is 11.5 Å². The quantitative estimate of drug-likeness (QED) is 0.0363. The summed E-state index contributed by atoms with van der Waals surface area (Å²) >= 11 is 0. The van der Waals surface area contributed by atoms with Crippen molar-refractivity contribution in [1.29, 1.82) is 0 Å². The van der Waals surface area contributed by atoms with E-state index in [2.05, 4.69) is 136 Å². The number of aromatic nitrogens is 4. The molecule has 10 heteroatoms. The Balaban J connectivity index is 1.27. The zero-order chi connectivity index (χ0) is 75.8. The van der Waals surface area contributed by atoms with Crippen molar-refractivity contribution >= 4 is 46.4 Å². The smallest absolute Gasteiger partial charge is 0.203 e. The molecule has 2 N–H and O–H groups in total. The molecule has 8 bridgehead atoms. The molecule has 5 aromatic rings. The lowest BCUT2D eigenvalue weighted by atomic mass is 10.0. The molecule has 0 saturated heterocycles. The highest BCUT2D eigenvalue weighted by Gasteiger charge is 2.23. The Hall–Kier alpha value is -6.16. The molecule has 108 heavy (non-hydrogen) atoms. The lowest BCUT2D eigenvalue weighted by molar-refractivity contribution is 0.234. The van der Waals surface area contributed by atoms with Crippen molar-refractivity contribution in [3.05, 3.63) is 83.4 Å². The number of nitrogens with zero attached hydrogens (tertiary/aromatic N) is 2. The van der Waals surface area contributed by atoms with Gasteiger partial charge in [-0.05, 0) is 135 Å². The van der Waals surface area contributed by atoms with Crippen LogP contribution in [0.15, 0.2) is 60.7 Å². The third-order valence-corrected chi connectivity index (χ3v) is 22.0. The molecule has 0 unspecified atom stereocenters. The molecule has 0 amide bonds. The standard InChI is InChI=1S/C98H154N4O6/c1-7-13-19-25-31-37-43-49-55-69-103-91-75-81(76-92(104-70-56-50-44-38-32-26-20-14-8-2)97(91)107-73-59-53-47-41-35-29-23-17-11-5)95-87-65-61-83(99-87)79-85-63-67-89(101-85)96(90-68-64-86(102-90)80-84-62-66-88(95)100-84)82-77-93(105-71-57-51-45-39-33-27-21-15-9-3)98(108-74-60-54-48-42-36-30-24-18-12-6)94(78-82)106-72-58-52-46-40-34-28-22-16-10-4/h61-68,75-80,99,102H,7-60,69-74H2,1-6H3. The van der Waals surface area contributed by atoms with Crippen LogP contribution in [-0.4, -0.2) is 59.6 Å². The van der Waals surface area contributed by atoms with E-state index >= 15 is 0 Å². The Bertz CT molecular complexity index is 3060. The second-order valence-electron chi connectivity index (χ2n) is 31.9. The summed E-state index contributed by atoms with van der Waals surface area (Å²) in [6, 6.07) is 21.9. The Morgan fingerprint density at radius 3 is 0.676 bits per heavy atom. The second kappa shape index (κ2) is 57.8. The number of rotatable bonds is 68. The molecule has 3 aromatic heterocycles. The van der Waals surface area contributed by atoms with Crippen molar-refractivity contribution in [2.24, 2.45) is 0 Å². The van der Waals surface area contributed by atoms with Crippen LogP contribution in [0.1, 0.15) is 411 Å². The van der Waals surface area contributed by atoms with Crippen LogP contribution in [0, 0.1) is 0 Å². The minimum atomic E-state index is 0.615. The topological polar surface area (TPSA) is 113 Å². The summed E-state index contributed by atoms with van der Waals surface area (Å²) in [5.41, 5.74) is 11.1. The van der Waals surface area contributed by atoms with Gasteiger partial charge in [0, 0.05) is 33.2 Å². The van der Waals surface area contributed by atoms with Crippen molar-refractivity contribution in [2.45, 2.75) is 388 Å². The maximum Gasteiger partial charge on any atom is 0.203 e. The number of ether oxygens (including phenoxy) is 6. The van der Waals surface area contributed by atoms with Crippen LogP contribution in [0.2, 0.25) is 0 Å². The summed E-state index contributed by atoms with van der Waals surface area (Å²) in [6.45, 7) is 17.5. The SMILES string of the molecule is CCCCCCCCCCCOc1cc(-c2c3nc(cc4ccc([nH]4)c(-c4cc(OCCCCCCCCCCC)c(OCCCCCCCCCCC)c(OCCCCCCCCCCC)c4)c4nc(cc5ccc2[nH]5)C=C4)C=C3)cc(OCCCCCCCCCCC)c1OCCCCCCCCCCC. The molecule has 2 aliphatic rings. The first-order valence-electron chi connectivity index (χ1n) is 45.7. The molecule has 5 heterocycles. The van der Waals surface area contributed by atoms with E-state index in [0.717, 1.165) is 179 Å². The molecule has 0 aliphatic carbocycles. The molecule has 7 rings (SSSR count). The van der Waals surface area contributed by atoms with Crippen LogP contribution in [0.25, 0.3) is 68.6 Å². The third kappa shape index (κ3) is 35.5. The fourth-order valence-corrected chi connectivity index (χ4v) is 15.4. The van der Waals surface area contributed by atoms with Crippen LogP contribution in [0.4, 0.5) is 0 Å². The fourth-order valence-electron chi connectivity index (χ4n) is 15.4. The van der Waals surface area contributed by atoms with Gasteiger partial charge in [-0.2, -0.15) is 0 Å². The highest BCUT2D eigenvalue weighted by atomic mass is 16.5. The fraction of sp³-hybridized carbons (Fsp3) is 0.673. The maximum absolute atomic E-state index is 7.00. The van der Waals surface area contributed by atoms with Gasteiger partial charge in [-0.1, -0.05) is 350 Å². The summed E-state index contributed by atoms with van der Waals surface area (Å²) in [5, 5.41) is 0. The summed E-state index contributed by atoms with van der Waals surface area (Å²) < 4.78 is 41.9. The van der Waals surface area contributed by atoms with E-state index in [1.54, 1.807) is 0 Å². The van der Waals surface area contributed by atoms with Gasteiger partial charge in [0.05, 0.1) is 62.4 Å². The van der Waals surface area contributed by atoms with Gasteiger partial charge in [-0.25, -0.2) is 9.97 Å². The second-order valence-corrected chi connectivity index (χ2v) is 31.9. The average molecular weight is 1480 g/mol. The first-order chi connectivity index (χ1) is 53.5. The minimum absolute atomic E-state index is 0.615. The lowest BCUT2D eigenvalue weighted by Crippen LogP contribution is -2.07. The molecular formula is C98H154N4O6. The van der Waals surface area contributed by atoms with Gasteiger partial charge in [0.25, 0.3) is 0 Å². The van der Waals surface area contributed by atoms with Crippen LogP contribution in [0.3, 0.4) is 0 Å². The molecule has 602 valence electrons. The van der Waals surface area contributed by atoms with E-state index in [-0.39, 0.29) is 0 Å². The lowest BCUT2D eigenvalue weighted by Gasteiger charge is -2.19. The van der Waals surface area contributed by atoms with Gasteiger partial charge in [-0.15, -0.1) is 0 Å². The zero-order valence-electron chi connectivity index (χ0n) is 69.9. The molecule has 0 radical (unpaired) electrons.